The van der Waals surface area contributed by atoms with E-state index in [9.17, 15) is 9.59 Å². The van der Waals surface area contributed by atoms with E-state index in [4.69, 9.17) is 4.74 Å². The van der Waals surface area contributed by atoms with Crippen LogP contribution in [0.5, 0.6) is 0 Å². The van der Waals surface area contributed by atoms with Gasteiger partial charge in [0.2, 0.25) is 5.91 Å². The largest absolute Gasteiger partial charge is 0.378 e. The van der Waals surface area contributed by atoms with Crippen molar-refractivity contribution in [1.29, 1.82) is 0 Å². The molecule has 2 amide bonds. The molecule has 25 heavy (non-hydrogen) atoms. The third-order valence-corrected chi connectivity index (χ3v) is 4.78. The van der Waals surface area contributed by atoms with Gasteiger partial charge in [0.15, 0.2) is 0 Å². The molecular weight excluding hydrogens is 318 g/mol. The van der Waals surface area contributed by atoms with Gasteiger partial charge >= 0.3 is 0 Å². The van der Waals surface area contributed by atoms with Crippen LogP contribution in [0.15, 0.2) is 24.3 Å². The first-order chi connectivity index (χ1) is 12.2. The van der Waals surface area contributed by atoms with Gasteiger partial charge in [-0.05, 0) is 50.2 Å². The first kappa shape index (κ1) is 17.9. The maximum atomic E-state index is 12.4. The van der Waals surface area contributed by atoms with Crippen LogP contribution in [0.1, 0.15) is 36.0 Å². The van der Waals surface area contributed by atoms with Crippen molar-refractivity contribution in [2.24, 2.45) is 0 Å². The van der Waals surface area contributed by atoms with Crippen LogP contribution in [-0.2, 0) is 9.53 Å². The molecule has 2 aliphatic heterocycles. The van der Waals surface area contributed by atoms with Crippen molar-refractivity contribution >= 4 is 17.5 Å². The molecule has 2 aliphatic rings. The molecule has 1 N–H and O–H groups in total. The molecule has 2 heterocycles. The summed E-state index contributed by atoms with van der Waals surface area (Å²) in [6, 6.07) is 7.15. The third-order valence-electron chi connectivity index (χ3n) is 4.78. The lowest BCUT2D eigenvalue weighted by molar-refractivity contribution is -0.117. The summed E-state index contributed by atoms with van der Waals surface area (Å²) in [5, 5.41) is 2.93. The lowest BCUT2D eigenvalue weighted by Gasteiger charge is -2.26. The number of hydrogen-bond donors (Lipinski definition) is 1. The number of ether oxygens (including phenoxy) is 1. The molecule has 0 saturated carbocycles. The highest BCUT2D eigenvalue weighted by Crippen LogP contribution is 2.14. The SMILES string of the molecule is O=C(CN1CCCCCC1)Nc1ccc(C(=O)N2CCOCC2)cc1. The van der Waals surface area contributed by atoms with Crippen LogP contribution in [0.4, 0.5) is 5.69 Å². The molecule has 2 fully saturated rings. The number of anilines is 1. The Kier molecular flexibility index (Phi) is 6.42. The first-order valence-electron chi connectivity index (χ1n) is 9.22. The highest BCUT2D eigenvalue weighted by atomic mass is 16.5. The molecule has 0 aliphatic carbocycles. The molecule has 0 atom stereocenters. The molecular formula is C19H27N3O3. The Balaban J connectivity index is 1.51. The van der Waals surface area contributed by atoms with Crippen molar-refractivity contribution in [3.05, 3.63) is 29.8 Å². The van der Waals surface area contributed by atoms with E-state index in [0.29, 0.717) is 38.4 Å². The van der Waals surface area contributed by atoms with E-state index in [-0.39, 0.29) is 11.8 Å². The molecule has 3 rings (SSSR count). The van der Waals surface area contributed by atoms with Crippen LogP contribution in [0.25, 0.3) is 0 Å². The highest BCUT2D eigenvalue weighted by molar-refractivity contribution is 5.96. The van der Waals surface area contributed by atoms with E-state index in [2.05, 4.69) is 10.2 Å². The molecule has 0 bridgehead atoms. The van der Waals surface area contributed by atoms with Crippen LogP contribution in [0.2, 0.25) is 0 Å². The number of carbonyl (C=O) groups is 2. The highest BCUT2D eigenvalue weighted by Gasteiger charge is 2.18. The summed E-state index contributed by atoms with van der Waals surface area (Å²) < 4.78 is 5.27. The summed E-state index contributed by atoms with van der Waals surface area (Å²) in [6.07, 6.45) is 4.87. The summed E-state index contributed by atoms with van der Waals surface area (Å²) in [4.78, 5) is 28.6. The Morgan fingerprint density at radius 3 is 2.20 bits per heavy atom. The topological polar surface area (TPSA) is 61.9 Å². The molecule has 6 heteroatoms. The summed E-state index contributed by atoms with van der Waals surface area (Å²) in [5.74, 6) is 0.0277. The summed E-state index contributed by atoms with van der Waals surface area (Å²) in [7, 11) is 0. The number of hydrogen-bond acceptors (Lipinski definition) is 4. The van der Waals surface area contributed by atoms with E-state index in [1.807, 2.05) is 0 Å². The Morgan fingerprint density at radius 2 is 1.56 bits per heavy atom. The van der Waals surface area contributed by atoms with Crippen molar-refractivity contribution < 1.29 is 14.3 Å². The number of likely N-dealkylation sites (tertiary alicyclic amines) is 1. The minimum absolute atomic E-state index is 0.00848. The Bertz CT molecular complexity index is 574. The van der Waals surface area contributed by atoms with Gasteiger partial charge in [-0.1, -0.05) is 12.8 Å². The fraction of sp³-hybridized carbons (Fsp3) is 0.579. The van der Waals surface area contributed by atoms with Gasteiger partial charge in [-0.2, -0.15) is 0 Å². The molecule has 0 aromatic heterocycles. The van der Waals surface area contributed by atoms with Crippen molar-refractivity contribution in [3.8, 4) is 0 Å². The Labute approximate surface area is 149 Å². The van der Waals surface area contributed by atoms with Crippen LogP contribution in [0, 0.1) is 0 Å². The molecule has 0 spiro atoms. The zero-order valence-electron chi connectivity index (χ0n) is 14.7. The molecule has 1 aromatic carbocycles. The number of nitrogens with one attached hydrogen (secondary N) is 1. The lowest BCUT2D eigenvalue weighted by atomic mass is 10.1. The van der Waals surface area contributed by atoms with E-state index in [1.54, 1.807) is 29.2 Å². The molecule has 136 valence electrons. The van der Waals surface area contributed by atoms with Gasteiger partial charge in [0.1, 0.15) is 0 Å². The average Bonchev–Trinajstić information content (AvgIpc) is 2.91. The number of nitrogens with zero attached hydrogens (tertiary/aromatic N) is 2. The summed E-state index contributed by atoms with van der Waals surface area (Å²) in [6.45, 7) is 4.89. The van der Waals surface area contributed by atoms with Crippen LogP contribution < -0.4 is 5.32 Å². The number of amides is 2. The zero-order valence-corrected chi connectivity index (χ0v) is 14.7. The second kappa shape index (κ2) is 8.97. The molecule has 0 unspecified atom stereocenters. The molecule has 0 radical (unpaired) electrons. The van der Waals surface area contributed by atoms with E-state index >= 15 is 0 Å². The van der Waals surface area contributed by atoms with Crippen molar-refractivity contribution in [2.45, 2.75) is 25.7 Å². The van der Waals surface area contributed by atoms with Gasteiger partial charge in [-0.15, -0.1) is 0 Å². The maximum Gasteiger partial charge on any atom is 0.254 e. The Hall–Kier alpha value is -1.92. The minimum Gasteiger partial charge on any atom is -0.378 e. The molecule has 1 aromatic rings. The van der Waals surface area contributed by atoms with Gasteiger partial charge in [-0.25, -0.2) is 0 Å². The monoisotopic (exact) mass is 345 g/mol. The Morgan fingerprint density at radius 1 is 0.920 bits per heavy atom. The molecule has 6 nitrogen and oxygen atoms in total. The van der Waals surface area contributed by atoms with Gasteiger partial charge < -0.3 is 15.0 Å². The summed E-state index contributed by atoms with van der Waals surface area (Å²) in [5.41, 5.74) is 1.38. The quantitative estimate of drug-likeness (QED) is 0.906. The van der Waals surface area contributed by atoms with Gasteiger partial charge in [-0.3, -0.25) is 14.5 Å². The average molecular weight is 345 g/mol. The van der Waals surface area contributed by atoms with Crippen molar-refractivity contribution in [2.75, 3.05) is 51.3 Å². The van der Waals surface area contributed by atoms with Gasteiger partial charge in [0.25, 0.3) is 5.91 Å². The third kappa shape index (κ3) is 5.28. The second-order valence-corrected chi connectivity index (χ2v) is 6.72. The standard InChI is InChI=1S/C19H27N3O3/c23-18(15-21-9-3-1-2-4-10-21)20-17-7-5-16(6-8-17)19(24)22-11-13-25-14-12-22/h5-8H,1-4,9-15H2,(H,20,23). The number of rotatable bonds is 4. The smallest absolute Gasteiger partial charge is 0.254 e. The zero-order chi connectivity index (χ0) is 17.5. The van der Waals surface area contributed by atoms with Gasteiger partial charge in [0.05, 0.1) is 19.8 Å². The fourth-order valence-corrected chi connectivity index (χ4v) is 3.34. The predicted octanol–water partition coefficient (Wildman–Crippen LogP) is 1.97. The second-order valence-electron chi connectivity index (χ2n) is 6.72. The fourth-order valence-electron chi connectivity index (χ4n) is 3.34. The van der Waals surface area contributed by atoms with E-state index in [1.165, 1.54) is 25.7 Å². The van der Waals surface area contributed by atoms with Crippen LogP contribution in [-0.4, -0.2) is 67.6 Å². The first-order valence-corrected chi connectivity index (χ1v) is 9.22. The number of morpholine rings is 1. The van der Waals surface area contributed by atoms with Crippen molar-refractivity contribution in [1.82, 2.24) is 9.80 Å². The normalized spacial score (nSPS) is 19.3. The van der Waals surface area contributed by atoms with Crippen LogP contribution >= 0.6 is 0 Å². The summed E-state index contributed by atoms with van der Waals surface area (Å²) >= 11 is 0. The van der Waals surface area contributed by atoms with E-state index < -0.39 is 0 Å². The van der Waals surface area contributed by atoms with E-state index in [0.717, 1.165) is 18.8 Å². The minimum atomic E-state index is 0.00848. The van der Waals surface area contributed by atoms with Gasteiger partial charge in [0, 0.05) is 24.3 Å². The van der Waals surface area contributed by atoms with Crippen molar-refractivity contribution in [3.63, 3.8) is 0 Å². The maximum absolute atomic E-state index is 12.4. The lowest BCUT2D eigenvalue weighted by Crippen LogP contribution is -2.40. The predicted molar refractivity (Wildman–Crippen MR) is 96.7 cm³/mol. The number of carbonyl (C=O) groups excluding carboxylic acids is 2. The van der Waals surface area contributed by atoms with Crippen LogP contribution in [0.3, 0.4) is 0 Å². The molecule has 2 saturated heterocycles. The number of benzene rings is 1.